The van der Waals surface area contributed by atoms with Crippen LogP contribution in [-0.2, 0) is 61.5 Å². The Morgan fingerprint density at radius 3 is 1.45 bits per heavy atom. The molecule has 266 valence electrons. The number of benzene rings is 5. The topological polar surface area (TPSA) is 84.8 Å². The van der Waals surface area contributed by atoms with Crippen LogP contribution in [-0.4, -0.2) is 55.6 Å². The molecule has 1 N–H and O–H groups in total. The van der Waals surface area contributed by atoms with Gasteiger partial charge in [-0.05, 0) is 39.9 Å². The first-order valence-corrected chi connectivity index (χ1v) is 17.3. The number of methoxy groups -OCH3 is 1. The van der Waals surface area contributed by atoms with E-state index in [1.54, 1.807) is 7.11 Å². The Morgan fingerprint density at radius 1 is 0.510 bits per heavy atom. The first-order chi connectivity index (χ1) is 25.2. The van der Waals surface area contributed by atoms with Gasteiger partial charge in [0.05, 0.1) is 46.8 Å². The molecule has 0 radical (unpaired) electrons. The van der Waals surface area contributed by atoms with Gasteiger partial charge in [-0.25, -0.2) is 0 Å². The van der Waals surface area contributed by atoms with E-state index in [2.05, 4.69) is 0 Å². The van der Waals surface area contributed by atoms with Crippen LogP contribution in [0.25, 0.3) is 0 Å². The molecular formula is C43H46O8. The zero-order valence-electron chi connectivity index (χ0n) is 28.9. The molecule has 0 aliphatic carbocycles. The second-order valence-electron chi connectivity index (χ2n) is 12.5. The molecule has 1 aliphatic heterocycles. The molecule has 5 aromatic rings. The molecule has 8 nitrogen and oxygen atoms in total. The summed E-state index contributed by atoms with van der Waals surface area (Å²) in [6.07, 6.45) is -5.08. The Hall–Kier alpha value is -4.38. The van der Waals surface area contributed by atoms with Crippen LogP contribution in [0.15, 0.2) is 146 Å². The van der Waals surface area contributed by atoms with Gasteiger partial charge in [-0.3, -0.25) is 0 Å². The molecule has 0 amide bonds. The molecule has 1 aliphatic rings. The zero-order valence-corrected chi connectivity index (χ0v) is 28.9. The van der Waals surface area contributed by atoms with Crippen molar-refractivity contribution in [2.24, 2.45) is 0 Å². The van der Waals surface area contributed by atoms with Gasteiger partial charge in [0.2, 0.25) is 0 Å². The molecule has 0 unspecified atom stereocenters. The number of rotatable bonds is 18. The van der Waals surface area contributed by atoms with Gasteiger partial charge in [0.15, 0.2) is 6.29 Å². The second-order valence-corrected chi connectivity index (χ2v) is 12.5. The third-order valence-corrected chi connectivity index (χ3v) is 8.79. The SMILES string of the molecule is COc1ccc(CO[C@H]2[C@@H](OCc3ccccc3)[C@H](OCc3ccccc3)[C@@H]([C@@H](COCc3ccccc3)OCc3ccccc3)O[C@@H]2O)cc1. The maximum atomic E-state index is 11.7. The van der Waals surface area contributed by atoms with Crippen LogP contribution in [0.2, 0.25) is 0 Å². The smallest absolute Gasteiger partial charge is 0.184 e. The summed E-state index contributed by atoms with van der Waals surface area (Å²) in [4.78, 5) is 0. The Labute approximate surface area is 300 Å². The van der Waals surface area contributed by atoms with Gasteiger partial charge < -0.3 is 38.3 Å². The summed E-state index contributed by atoms with van der Waals surface area (Å²) < 4.78 is 44.5. The number of hydrogen-bond donors (Lipinski definition) is 1. The molecular weight excluding hydrogens is 644 g/mol. The van der Waals surface area contributed by atoms with Crippen molar-refractivity contribution in [1.82, 2.24) is 0 Å². The van der Waals surface area contributed by atoms with E-state index in [4.69, 9.17) is 33.2 Å². The van der Waals surface area contributed by atoms with Crippen LogP contribution in [0.3, 0.4) is 0 Å². The molecule has 0 bridgehead atoms. The minimum absolute atomic E-state index is 0.188. The number of ether oxygens (including phenoxy) is 7. The van der Waals surface area contributed by atoms with E-state index in [9.17, 15) is 5.11 Å². The van der Waals surface area contributed by atoms with Gasteiger partial charge in [0, 0.05) is 0 Å². The van der Waals surface area contributed by atoms with Gasteiger partial charge in [-0.1, -0.05) is 133 Å². The normalized spacial score (nSPS) is 20.9. The van der Waals surface area contributed by atoms with Crippen molar-refractivity contribution in [2.45, 2.75) is 69.8 Å². The molecule has 0 saturated carbocycles. The lowest BCUT2D eigenvalue weighted by Gasteiger charge is -2.46. The van der Waals surface area contributed by atoms with Crippen LogP contribution >= 0.6 is 0 Å². The fraction of sp³-hybridized carbons (Fsp3) is 0.302. The van der Waals surface area contributed by atoms with Crippen LogP contribution < -0.4 is 4.74 Å². The van der Waals surface area contributed by atoms with Crippen LogP contribution in [0.1, 0.15) is 27.8 Å². The highest BCUT2D eigenvalue weighted by Crippen LogP contribution is 2.32. The minimum Gasteiger partial charge on any atom is -0.497 e. The Balaban J connectivity index is 1.29. The largest absolute Gasteiger partial charge is 0.497 e. The van der Waals surface area contributed by atoms with Gasteiger partial charge in [0.1, 0.15) is 36.3 Å². The molecule has 5 aromatic carbocycles. The molecule has 1 fully saturated rings. The van der Waals surface area contributed by atoms with E-state index in [0.29, 0.717) is 13.2 Å². The third-order valence-electron chi connectivity index (χ3n) is 8.79. The molecule has 6 rings (SSSR count). The average Bonchev–Trinajstić information content (AvgIpc) is 3.19. The predicted octanol–water partition coefficient (Wildman–Crippen LogP) is 7.27. The van der Waals surface area contributed by atoms with Crippen LogP contribution in [0.4, 0.5) is 0 Å². The molecule has 0 spiro atoms. The van der Waals surface area contributed by atoms with E-state index in [1.165, 1.54) is 0 Å². The first-order valence-electron chi connectivity index (χ1n) is 17.3. The van der Waals surface area contributed by atoms with Crippen molar-refractivity contribution in [3.8, 4) is 5.75 Å². The third kappa shape index (κ3) is 10.8. The molecule has 1 saturated heterocycles. The predicted molar refractivity (Wildman–Crippen MR) is 194 cm³/mol. The molecule has 51 heavy (non-hydrogen) atoms. The Morgan fingerprint density at radius 2 is 0.941 bits per heavy atom. The van der Waals surface area contributed by atoms with Gasteiger partial charge in [0.25, 0.3) is 0 Å². The first kappa shape index (κ1) is 36.4. The summed E-state index contributed by atoms with van der Waals surface area (Å²) in [5.41, 5.74) is 4.92. The quantitative estimate of drug-likeness (QED) is 0.103. The zero-order chi connectivity index (χ0) is 35.1. The lowest BCUT2D eigenvalue weighted by atomic mass is 9.94. The van der Waals surface area contributed by atoms with Crippen molar-refractivity contribution in [3.05, 3.63) is 173 Å². The monoisotopic (exact) mass is 690 g/mol. The highest BCUT2D eigenvalue weighted by Gasteiger charge is 2.51. The molecule has 8 heteroatoms. The Bertz CT molecular complexity index is 1670. The molecule has 0 aromatic heterocycles. The highest BCUT2D eigenvalue weighted by atomic mass is 16.7. The van der Waals surface area contributed by atoms with Crippen molar-refractivity contribution in [2.75, 3.05) is 13.7 Å². The van der Waals surface area contributed by atoms with Crippen molar-refractivity contribution in [3.63, 3.8) is 0 Å². The van der Waals surface area contributed by atoms with Gasteiger partial charge >= 0.3 is 0 Å². The van der Waals surface area contributed by atoms with E-state index in [0.717, 1.165) is 33.6 Å². The summed E-state index contributed by atoms with van der Waals surface area (Å²) in [5.74, 6) is 0.747. The van der Waals surface area contributed by atoms with E-state index in [-0.39, 0.29) is 26.4 Å². The number of aliphatic hydroxyl groups excluding tert-OH is 1. The van der Waals surface area contributed by atoms with Gasteiger partial charge in [-0.15, -0.1) is 0 Å². The lowest BCUT2D eigenvalue weighted by Crippen LogP contribution is -2.63. The van der Waals surface area contributed by atoms with Crippen LogP contribution in [0, 0.1) is 0 Å². The fourth-order valence-corrected chi connectivity index (χ4v) is 6.04. The summed E-state index contributed by atoms with van der Waals surface area (Å²) >= 11 is 0. The van der Waals surface area contributed by atoms with E-state index >= 15 is 0 Å². The van der Waals surface area contributed by atoms with Crippen LogP contribution in [0.5, 0.6) is 5.75 Å². The number of hydrogen-bond acceptors (Lipinski definition) is 8. The summed E-state index contributed by atoms with van der Waals surface area (Å²) in [5, 5.41) is 11.7. The lowest BCUT2D eigenvalue weighted by molar-refractivity contribution is -0.329. The second kappa shape index (κ2) is 19.3. The molecule has 6 atom stereocenters. The standard InChI is InChI=1S/C43H46O8/c1-45-37-24-22-36(23-25-37)30-50-42-41(49-29-35-20-12-5-13-21-35)40(48-28-34-18-10-4-11-19-34)39(51-43(42)44)38(47-27-33-16-8-3-9-17-33)31-46-26-32-14-6-2-7-15-32/h2-25,38-44H,26-31H2,1H3/t38-,39-,40-,41+,42+,43+/m1/s1. The van der Waals surface area contributed by atoms with E-state index in [1.807, 2.05) is 146 Å². The minimum atomic E-state index is -1.34. The summed E-state index contributed by atoms with van der Waals surface area (Å²) in [7, 11) is 1.63. The average molecular weight is 691 g/mol. The summed E-state index contributed by atoms with van der Waals surface area (Å²) in [6.45, 7) is 1.66. The van der Waals surface area contributed by atoms with Crippen molar-refractivity contribution in [1.29, 1.82) is 0 Å². The Kier molecular flexibility index (Phi) is 13.8. The fourth-order valence-electron chi connectivity index (χ4n) is 6.04. The maximum absolute atomic E-state index is 11.7. The van der Waals surface area contributed by atoms with E-state index < -0.39 is 36.8 Å². The van der Waals surface area contributed by atoms with Crippen molar-refractivity contribution >= 4 is 0 Å². The molecule has 1 heterocycles. The summed E-state index contributed by atoms with van der Waals surface area (Å²) in [6, 6.07) is 47.4. The highest BCUT2D eigenvalue weighted by molar-refractivity contribution is 5.27. The van der Waals surface area contributed by atoms with Crippen molar-refractivity contribution < 1.29 is 38.3 Å². The number of aliphatic hydroxyl groups is 1. The van der Waals surface area contributed by atoms with Gasteiger partial charge in [-0.2, -0.15) is 0 Å². The maximum Gasteiger partial charge on any atom is 0.184 e.